The van der Waals surface area contributed by atoms with Crippen LogP contribution in [0.3, 0.4) is 0 Å². The Bertz CT molecular complexity index is 490. The largest absolute Gasteiger partial charge is 0.359 e. The zero-order chi connectivity index (χ0) is 14.6. The van der Waals surface area contributed by atoms with Gasteiger partial charge in [0.15, 0.2) is 0 Å². The molecule has 0 atom stereocenters. The summed E-state index contributed by atoms with van der Waals surface area (Å²) < 4.78 is 0. The standard InChI is InChI=1S/C15H21N3O2/c1-17-13(19)10-11-4-6-12(7-5-11)18-14(20)15(16)8-2-3-9-15/h4-7H,2-3,8-10,16H2,1H3,(H,17,19)(H,18,20). The second-order valence-electron chi connectivity index (χ2n) is 5.36. The molecule has 108 valence electrons. The minimum atomic E-state index is -0.721. The third-order valence-corrected chi connectivity index (χ3v) is 3.80. The van der Waals surface area contributed by atoms with Crippen molar-refractivity contribution in [3.8, 4) is 0 Å². The third-order valence-electron chi connectivity index (χ3n) is 3.80. The van der Waals surface area contributed by atoms with Gasteiger partial charge in [0.25, 0.3) is 0 Å². The number of anilines is 1. The van der Waals surface area contributed by atoms with Gasteiger partial charge in [0.1, 0.15) is 0 Å². The van der Waals surface area contributed by atoms with Crippen LogP contribution in [-0.4, -0.2) is 24.4 Å². The molecule has 1 fully saturated rings. The van der Waals surface area contributed by atoms with E-state index in [-0.39, 0.29) is 11.8 Å². The summed E-state index contributed by atoms with van der Waals surface area (Å²) in [7, 11) is 1.61. The number of benzene rings is 1. The molecule has 1 aliphatic carbocycles. The van der Waals surface area contributed by atoms with Crippen LogP contribution in [0, 0.1) is 0 Å². The van der Waals surface area contributed by atoms with Crippen LogP contribution in [0.25, 0.3) is 0 Å². The van der Waals surface area contributed by atoms with Crippen LogP contribution >= 0.6 is 0 Å². The number of likely N-dealkylation sites (N-methyl/N-ethyl adjacent to an activating group) is 1. The fourth-order valence-corrected chi connectivity index (χ4v) is 2.47. The average Bonchev–Trinajstić information content (AvgIpc) is 2.89. The number of nitrogens with two attached hydrogens (primary N) is 1. The molecule has 0 radical (unpaired) electrons. The van der Waals surface area contributed by atoms with Crippen LogP contribution < -0.4 is 16.4 Å². The molecular formula is C15H21N3O2. The summed E-state index contributed by atoms with van der Waals surface area (Å²) in [5.41, 5.74) is 7.00. The van der Waals surface area contributed by atoms with Gasteiger partial charge in [0, 0.05) is 12.7 Å². The van der Waals surface area contributed by atoms with Crippen LogP contribution in [0.2, 0.25) is 0 Å². The molecule has 4 N–H and O–H groups in total. The van der Waals surface area contributed by atoms with E-state index in [1.54, 1.807) is 19.2 Å². The quantitative estimate of drug-likeness (QED) is 0.771. The van der Waals surface area contributed by atoms with Gasteiger partial charge in [-0.05, 0) is 30.5 Å². The van der Waals surface area contributed by atoms with E-state index in [2.05, 4.69) is 10.6 Å². The summed E-state index contributed by atoms with van der Waals surface area (Å²) in [6, 6.07) is 7.27. The summed E-state index contributed by atoms with van der Waals surface area (Å²) in [6.45, 7) is 0. The minimum absolute atomic E-state index is 0.0337. The Morgan fingerprint density at radius 1 is 1.20 bits per heavy atom. The number of nitrogens with one attached hydrogen (secondary N) is 2. The molecule has 1 aromatic rings. The van der Waals surface area contributed by atoms with E-state index in [1.807, 2.05) is 12.1 Å². The average molecular weight is 275 g/mol. The van der Waals surface area contributed by atoms with Crippen LogP contribution in [0.4, 0.5) is 5.69 Å². The minimum Gasteiger partial charge on any atom is -0.359 e. The van der Waals surface area contributed by atoms with Crippen molar-refractivity contribution < 1.29 is 9.59 Å². The molecule has 2 rings (SSSR count). The highest BCUT2D eigenvalue weighted by Crippen LogP contribution is 2.28. The lowest BCUT2D eigenvalue weighted by molar-refractivity contribution is -0.121. The lowest BCUT2D eigenvalue weighted by Gasteiger charge is -2.22. The van der Waals surface area contributed by atoms with E-state index in [1.165, 1.54) is 0 Å². The number of hydrogen-bond donors (Lipinski definition) is 3. The molecular weight excluding hydrogens is 254 g/mol. The number of carbonyl (C=O) groups excluding carboxylic acids is 2. The zero-order valence-corrected chi connectivity index (χ0v) is 11.7. The SMILES string of the molecule is CNC(=O)Cc1ccc(NC(=O)C2(N)CCCC2)cc1. The van der Waals surface area contributed by atoms with E-state index >= 15 is 0 Å². The number of rotatable bonds is 4. The molecule has 1 aromatic carbocycles. The Hall–Kier alpha value is -1.88. The fraction of sp³-hybridized carbons (Fsp3) is 0.467. The van der Waals surface area contributed by atoms with Gasteiger partial charge in [-0.2, -0.15) is 0 Å². The predicted molar refractivity (Wildman–Crippen MR) is 78.2 cm³/mol. The molecule has 0 spiro atoms. The maximum absolute atomic E-state index is 12.1. The molecule has 20 heavy (non-hydrogen) atoms. The van der Waals surface area contributed by atoms with Gasteiger partial charge in [0.05, 0.1) is 12.0 Å². The second-order valence-corrected chi connectivity index (χ2v) is 5.36. The highest BCUT2D eigenvalue weighted by atomic mass is 16.2. The van der Waals surface area contributed by atoms with Crippen molar-refractivity contribution in [1.29, 1.82) is 0 Å². The number of carbonyl (C=O) groups is 2. The van der Waals surface area contributed by atoms with Crippen LogP contribution in [-0.2, 0) is 16.0 Å². The Morgan fingerprint density at radius 3 is 2.35 bits per heavy atom. The van der Waals surface area contributed by atoms with E-state index in [0.717, 1.165) is 31.2 Å². The molecule has 0 aliphatic heterocycles. The van der Waals surface area contributed by atoms with Crippen molar-refractivity contribution in [2.45, 2.75) is 37.6 Å². The smallest absolute Gasteiger partial charge is 0.244 e. The van der Waals surface area contributed by atoms with Gasteiger partial charge in [-0.1, -0.05) is 25.0 Å². The molecule has 0 aromatic heterocycles. The molecule has 1 saturated carbocycles. The van der Waals surface area contributed by atoms with Gasteiger partial charge >= 0.3 is 0 Å². The van der Waals surface area contributed by atoms with Gasteiger partial charge in [-0.25, -0.2) is 0 Å². The van der Waals surface area contributed by atoms with Crippen molar-refractivity contribution in [2.24, 2.45) is 5.73 Å². The first-order chi connectivity index (χ1) is 9.53. The zero-order valence-electron chi connectivity index (χ0n) is 11.7. The van der Waals surface area contributed by atoms with E-state index in [9.17, 15) is 9.59 Å². The van der Waals surface area contributed by atoms with Crippen LogP contribution in [0.1, 0.15) is 31.2 Å². The number of hydrogen-bond acceptors (Lipinski definition) is 3. The summed E-state index contributed by atoms with van der Waals surface area (Å²) in [4.78, 5) is 23.4. The van der Waals surface area contributed by atoms with Crippen LogP contribution in [0.5, 0.6) is 0 Å². The molecule has 0 unspecified atom stereocenters. The first-order valence-corrected chi connectivity index (χ1v) is 6.93. The molecule has 0 bridgehead atoms. The highest BCUT2D eigenvalue weighted by Gasteiger charge is 2.36. The Labute approximate surface area is 118 Å². The van der Waals surface area contributed by atoms with E-state index in [0.29, 0.717) is 12.1 Å². The summed E-state index contributed by atoms with van der Waals surface area (Å²) in [6.07, 6.45) is 3.84. The topological polar surface area (TPSA) is 84.2 Å². The fourth-order valence-electron chi connectivity index (χ4n) is 2.47. The van der Waals surface area contributed by atoms with Gasteiger partial charge in [-0.3, -0.25) is 9.59 Å². The first kappa shape index (κ1) is 14.5. The Morgan fingerprint density at radius 2 is 1.80 bits per heavy atom. The molecule has 5 nitrogen and oxygen atoms in total. The first-order valence-electron chi connectivity index (χ1n) is 6.93. The van der Waals surface area contributed by atoms with Crippen molar-refractivity contribution in [3.05, 3.63) is 29.8 Å². The Balaban J connectivity index is 1.96. The van der Waals surface area contributed by atoms with Gasteiger partial charge in [0.2, 0.25) is 11.8 Å². The molecule has 5 heteroatoms. The van der Waals surface area contributed by atoms with Crippen molar-refractivity contribution in [1.82, 2.24) is 5.32 Å². The van der Waals surface area contributed by atoms with Crippen molar-refractivity contribution in [2.75, 3.05) is 12.4 Å². The lowest BCUT2D eigenvalue weighted by atomic mass is 9.98. The molecule has 0 heterocycles. The van der Waals surface area contributed by atoms with Gasteiger partial charge < -0.3 is 16.4 Å². The molecule has 2 amide bonds. The lowest BCUT2D eigenvalue weighted by Crippen LogP contribution is -2.48. The molecule has 1 aliphatic rings. The highest BCUT2D eigenvalue weighted by molar-refractivity contribution is 5.98. The summed E-state index contributed by atoms with van der Waals surface area (Å²) in [5.74, 6) is -0.150. The summed E-state index contributed by atoms with van der Waals surface area (Å²) >= 11 is 0. The number of amides is 2. The van der Waals surface area contributed by atoms with E-state index in [4.69, 9.17) is 5.73 Å². The van der Waals surface area contributed by atoms with Crippen LogP contribution in [0.15, 0.2) is 24.3 Å². The second kappa shape index (κ2) is 6.05. The molecule has 0 saturated heterocycles. The normalized spacial score (nSPS) is 16.7. The van der Waals surface area contributed by atoms with Crippen molar-refractivity contribution >= 4 is 17.5 Å². The predicted octanol–water partition coefficient (Wildman–Crippen LogP) is 1.19. The van der Waals surface area contributed by atoms with Crippen molar-refractivity contribution in [3.63, 3.8) is 0 Å². The maximum atomic E-state index is 12.1. The summed E-state index contributed by atoms with van der Waals surface area (Å²) in [5, 5.41) is 5.43. The maximum Gasteiger partial charge on any atom is 0.244 e. The monoisotopic (exact) mass is 275 g/mol. The van der Waals surface area contributed by atoms with E-state index < -0.39 is 5.54 Å². The third kappa shape index (κ3) is 3.36. The Kier molecular flexibility index (Phi) is 4.39. The van der Waals surface area contributed by atoms with Gasteiger partial charge in [-0.15, -0.1) is 0 Å².